The molecule has 1 aliphatic rings. The van der Waals surface area contributed by atoms with Crippen LogP contribution in [0.25, 0.3) is 11.0 Å². The number of piperidine rings is 1. The molecule has 108 valence electrons. The summed E-state index contributed by atoms with van der Waals surface area (Å²) in [5.41, 5.74) is 7.83. The van der Waals surface area contributed by atoms with E-state index in [0.29, 0.717) is 12.3 Å². The highest BCUT2D eigenvalue weighted by Crippen LogP contribution is 2.22. The Kier molecular flexibility index (Phi) is 4.35. The number of likely N-dealkylation sites (tertiary alicyclic amines) is 1. The maximum atomic E-state index is 12.4. The maximum Gasteiger partial charge on any atom is 0.289 e. The molecule has 2 N–H and O–H groups in total. The Hall–Kier alpha value is -1.52. The highest BCUT2D eigenvalue weighted by Gasteiger charge is 2.24. The Morgan fingerprint density at radius 1 is 1.40 bits per heavy atom. The standard InChI is InChI=1S/C15H18N2O2.ClH/c1-10-4-5-13-11(7-10)8-14(19-13)15(18)17-6-2-3-12(16)9-17;/h4-5,7-8,12H,2-3,6,9,16H2,1H3;1H. The summed E-state index contributed by atoms with van der Waals surface area (Å²) < 4.78 is 5.64. The Balaban J connectivity index is 0.00000147. The van der Waals surface area contributed by atoms with Gasteiger partial charge in [-0.3, -0.25) is 4.79 Å². The number of nitrogens with zero attached hydrogens (tertiary/aromatic N) is 1. The van der Waals surface area contributed by atoms with Gasteiger partial charge in [-0.15, -0.1) is 12.4 Å². The molecule has 0 spiro atoms. The van der Waals surface area contributed by atoms with Crippen molar-refractivity contribution in [2.75, 3.05) is 13.1 Å². The number of furan rings is 1. The van der Waals surface area contributed by atoms with Crippen LogP contribution in [0.2, 0.25) is 0 Å². The number of benzene rings is 1. The average molecular weight is 295 g/mol. The molecule has 0 saturated carbocycles. The molecule has 0 radical (unpaired) electrons. The molecule has 2 heterocycles. The molecule has 1 saturated heterocycles. The smallest absolute Gasteiger partial charge is 0.289 e. The van der Waals surface area contributed by atoms with Crippen LogP contribution in [0.3, 0.4) is 0 Å². The number of carbonyl (C=O) groups is 1. The fraction of sp³-hybridized carbons (Fsp3) is 0.400. The number of halogens is 1. The van der Waals surface area contributed by atoms with E-state index in [1.54, 1.807) is 4.90 Å². The second-order valence-electron chi connectivity index (χ2n) is 5.31. The first-order valence-electron chi connectivity index (χ1n) is 6.68. The van der Waals surface area contributed by atoms with Crippen molar-refractivity contribution in [3.8, 4) is 0 Å². The van der Waals surface area contributed by atoms with Crippen LogP contribution < -0.4 is 5.73 Å². The molecule has 1 fully saturated rings. The van der Waals surface area contributed by atoms with Gasteiger partial charge in [0.2, 0.25) is 0 Å². The molecule has 0 bridgehead atoms. The molecule has 2 aromatic rings. The zero-order valence-corrected chi connectivity index (χ0v) is 12.3. The number of hydrogen-bond acceptors (Lipinski definition) is 3. The molecule has 1 atom stereocenters. The molecule has 1 aromatic heterocycles. The van der Waals surface area contributed by atoms with E-state index in [-0.39, 0.29) is 24.4 Å². The first-order valence-corrected chi connectivity index (χ1v) is 6.68. The maximum absolute atomic E-state index is 12.4. The van der Waals surface area contributed by atoms with E-state index in [4.69, 9.17) is 10.2 Å². The first kappa shape index (κ1) is 14.9. The SMILES string of the molecule is Cc1ccc2oc(C(=O)N3CCCC(N)C3)cc2c1.Cl. The number of fused-ring (bicyclic) bond motifs is 1. The Labute approximate surface area is 124 Å². The third kappa shape index (κ3) is 2.81. The van der Waals surface area contributed by atoms with Crippen molar-refractivity contribution in [1.82, 2.24) is 4.90 Å². The lowest BCUT2D eigenvalue weighted by atomic mass is 10.1. The van der Waals surface area contributed by atoms with Gasteiger partial charge in [-0.2, -0.15) is 0 Å². The van der Waals surface area contributed by atoms with Crippen LogP contribution in [0.5, 0.6) is 0 Å². The number of aryl methyl sites for hydroxylation is 1. The lowest BCUT2D eigenvalue weighted by Crippen LogP contribution is -2.45. The number of carbonyl (C=O) groups excluding carboxylic acids is 1. The zero-order chi connectivity index (χ0) is 13.4. The predicted molar refractivity (Wildman–Crippen MR) is 81.3 cm³/mol. The normalized spacial score (nSPS) is 18.9. The van der Waals surface area contributed by atoms with Gasteiger partial charge >= 0.3 is 0 Å². The number of amides is 1. The predicted octanol–water partition coefficient (Wildman–Crippen LogP) is 2.73. The van der Waals surface area contributed by atoms with Crippen molar-refractivity contribution in [3.63, 3.8) is 0 Å². The van der Waals surface area contributed by atoms with Gasteiger partial charge in [0.1, 0.15) is 5.58 Å². The summed E-state index contributed by atoms with van der Waals surface area (Å²) in [7, 11) is 0. The van der Waals surface area contributed by atoms with Crippen molar-refractivity contribution >= 4 is 29.3 Å². The summed E-state index contributed by atoms with van der Waals surface area (Å²) in [5, 5.41) is 0.977. The molecular weight excluding hydrogens is 276 g/mol. The van der Waals surface area contributed by atoms with Crippen molar-refractivity contribution in [2.45, 2.75) is 25.8 Å². The van der Waals surface area contributed by atoms with Crippen LogP contribution in [0.4, 0.5) is 0 Å². The van der Waals surface area contributed by atoms with E-state index >= 15 is 0 Å². The minimum Gasteiger partial charge on any atom is -0.451 e. The van der Waals surface area contributed by atoms with E-state index < -0.39 is 0 Å². The van der Waals surface area contributed by atoms with E-state index in [2.05, 4.69) is 0 Å². The molecule has 20 heavy (non-hydrogen) atoms. The van der Waals surface area contributed by atoms with E-state index in [0.717, 1.165) is 35.9 Å². The minimum absolute atomic E-state index is 0. The molecular formula is C15H19ClN2O2. The van der Waals surface area contributed by atoms with Gasteiger partial charge < -0.3 is 15.1 Å². The molecule has 1 aliphatic heterocycles. The van der Waals surface area contributed by atoms with Gasteiger partial charge in [0.25, 0.3) is 5.91 Å². The Morgan fingerprint density at radius 3 is 2.95 bits per heavy atom. The molecule has 4 nitrogen and oxygen atoms in total. The van der Waals surface area contributed by atoms with Crippen molar-refractivity contribution in [1.29, 1.82) is 0 Å². The van der Waals surface area contributed by atoms with Gasteiger partial charge in [0, 0.05) is 24.5 Å². The second-order valence-corrected chi connectivity index (χ2v) is 5.31. The van der Waals surface area contributed by atoms with Gasteiger partial charge in [0.05, 0.1) is 0 Å². The summed E-state index contributed by atoms with van der Waals surface area (Å²) in [4.78, 5) is 14.2. The van der Waals surface area contributed by atoms with Crippen LogP contribution in [0, 0.1) is 6.92 Å². The summed E-state index contributed by atoms with van der Waals surface area (Å²) in [6.07, 6.45) is 1.95. The molecule has 1 aromatic carbocycles. The lowest BCUT2D eigenvalue weighted by Gasteiger charge is -2.29. The summed E-state index contributed by atoms with van der Waals surface area (Å²) >= 11 is 0. The third-order valence-corrected chi connectivity index (χ3v) is 3.63. The average Bonchev–Trinajstić information content (AvgIpc) is 2.80. The summed E-state index contributed by atoms with van der Waals surface area (Å²) in [6, 6.07) is 7.83. The highest BCUT2D eigenvalue weighted by molar-refractivity contribution is 5.96. The van der Waals surface area contributed by atoms with Gasteiger partial charge in [-0.1, -0.05) is 11.6 Å². The van der Waals surface area contributed by atoms with Crippen LogP contribution >= 0.6 is 12.4 Å². The molecule has 3 rings (SSSR count). The molecule has 5 heteroatoms. The van der Waals surface area contributed by atoms with Gasteiger partial charge in [-0.05, 0) is 38.0 Å². The summed E-state index contributed by atoms with van der Waals surface area (Å²) in [5.74, 6) is 0.360. The van der Waals surface area contributed by atoms with E-state index in [9.17, 15) is 4.79 Å². The summed E-state index contributed by atoms with van der Waals surface area (Å²) in [6.45, 7) is 3.41. The van der Waals surface area contributed by atoms with Gasteiger partial charge in [0.15, 0.2) is 5.76 Å². The number of hydrogen-bond donors (Lipinski definition) is 1. The van der Waals surface area contributed by atoms with E-state index in [1.165, 1.54) is 0 Å². The first-order chi connectivity index (χ1) is 9.13. The lowest BCUT2D eigenvalue weighted by molar-refractivity contribution is 0.0679. The van der Waals surface area contributed by atoms with Crippen molar-refractivity contribution in [3.05, 3.63) is 35.6 Å². The molecule has 1 unspecified atom stereocenters. The van der Waals surface area contributed by atoms with Crippen molar-refractivity contribution in [2.24, 2.45) is 5.73 Å². The largest absolute Gasteiger partial charge is 0.451 e. The van der Waals surface area contributed by atoms with Gasteiger partial charge in [-0.25, -0.2) is 0 Å². The Morgan fingerprint density at radius 2 is 2.20 bits per heavy atom. The van der Waals surface area contributed by atoms with Crippen LogP contribution in [-0.2, 0) is 0 Å². The van der Waals surface area contributed by atoms with Crippen LogP contribution in [0.1, 0.15) is 29.0 Å². The minimum atomic E-state index is -0.0518. The van der Waals surface area contributed by atoms with Crippen LogP contribution in [0.15, 0.2) is 28.7 Å². The highest BCUT2D eigenvalue weighted by atomic mass is 35.5. The molecule has 1 amide bonds. The van der Waals surface area contributed by atoms with E-state index in [1.807, 2.05) is 31.2 Å². The topological polar surface area (TPSA) is 59.5 Å². The molecule has 0 aliphatic carbocycles. The Bertz CT molecular complexity index is 623. The van der Waals surface area contributed by atoms with Crippen molar-refractivity contribution < 1.29 is 9.21 Å². The number of nitrogens with two attached hydrogens (primary N) is 1. The van der Waals surface area contributed by atoms with Crippen LogP contribution in [-0.4, -0.2) is 29.9 Å². The fourth-order valence-corrected chi connectivity index (χ4v) is 2.62. The quantitative estimate of drug-likeness (QED) is 0.880. The monoisotopic (exact) mass is 294 g/mol. The third-order valence-electron chi connectivity index (χ3n) is 3.63. The number of rotatable bonds is 1. The second kappa shape index (κ2) is 5.85. The zero-order valence-electron chi connectivity index (χ0n) is 11.5. The fourth-order valence-electron chi connectivity index (χ4n) is 2.62.